The highest BCUT2D eigenvalue weighted by Crippen LogP contribution is 2.44. The Kier molecular flexibility index (Phi) is 6.90. The van der Waals surface area contributed by atoms with Gasteiger partial charge in [-0.2, -0.15) is 0 Å². The molecule has 2 aromatic carbocycles. The minimum absolute atomic E-state index is 0.0715. The number of ether oxygens (including phenoxy) is 2. The number of hydrogen-bond acceptors (Lipinski definition) is 6. The standard InChI is InChI=1S/C24H26N2O7/c27-14(11-21(28)29)12-25-23(30)22-20(9-10-32-22)26-24(31)33-13-19-17-7-3-1-5-15(17)16-6-2-4-8-18(16)19/h1-8,14,19-20,22,27H,9-13H2,(H,25,30)(H,26,31)(H,28,29)/t14?,20-,22+/m1/s1. The number of hydrogen-bond donors (Lipinski definition) is 4. The van der Waals surface area contributed by atoms with Gasteiger partial charge in [0.2, 0.25) is 0 Å². The molecule has 4 N–H and O–H groups in total. The average Bonchev–Trinajstić information content (AvgIpc) is 3.38. The van der Waals surface area contributed by atoms with Gasteiger partial charge in [-0.1, -0.05) is 48.5 Å². The Balaban J connectivity index is 1.32. The molecular weight excluding hydrogens is 428 g/mol. The van der Waals surface area contributed by atoms with Gasteiger partial charge in [-0.15, -0.1) is 0 Å². The molecule has 0 saturated carbocycles. The molecule has 4 rings (SSSR count). The zero-order chi connectivity index (χ0) is 23.4. The van der Waals surface area contributed by atoms with Crippen LogP contribution in [-0.2, 0) is 19.1 Å². The van der Waals surface area contributed by atoms with Crippen molar-refractivity contribution in [2.45, 2.75) is 37.0 Å². The number of alkyl carbamates (subject to hydrolysis) is 1. The zero-order valence-corrected chi connectivity index (χ0v) is 17.9. The first kappa shape index (κ1) is 22.8. The third kappa shape index (κ3) is 5.15. The number of aliphatic hydroxyl groups is 1. The maximum atomic E-state index is 12.5. The summed E-state index contributed by atoms with van der Waals surface area (Å²) in [7, 11) is 0. The van der Waals surface area contributed by atoms with E-state index in [0.29, 0.717) is 6.42 Å². The van der Waals surface area contributed by atoms with Gasteiger partial charge in [0.1, 0.15) is 6.61 Å². The summed E-state index contributed by atoms with van der Waals surface area (Å²) in [6, 6.07) is 15.5. The number of fused-ring (bicyclic) bond motifs is 3. The lowest BCUT2D eigenvalue weighted by atomic mass is 9.98. The number of amides is 2. The van der Waals surface area contributed by atoms with Gasteiger partial charge in [-0.3, -0.25) is 9.59 Å². The lowest BCUT2D eigenvalue weighted by Gasteiger charge is -2.21. The van der Waals surface area contributed by atoms with Crippen LogP contribution < -0.4 is 10.6 Å². The van der Waals surface area contributed by atoms with Crippen molar-refractivity contribution in [3.63, 3.8) is 0 Å². The molecule has 174 valence electrons. The molecule has 0 aromatic heterocycles. The molecule has 1 unspecified atom stereocenters. The fourth-order valence-corrected chi connectivity index (χ4v) is 4.38. The van der Waals surface area contributed by atoms with Crippen LogP contribution in [-0.4, -0.2) is 66.2 Å². The molecule has 2 amide bonds. The van der Waals surface area contributed by atoms with Crippen molar-refractivity contribution in [1.82, 2.24) is 10.6 Å². The Labute approximate surface area is 190 Å². The summed E-state index contributed by atoms with van der Waals surface area (Å²) in [5.41, 5.74) is 4.47. The molecular formula is C24H26N2O7. The summed E-state index contributed by atoms with van der Waals surface area (Å²) in [5.74, 6) is -1.76. The Bertz CT molecular complexity index is 995. The number of nitrogens with one attached hydrogen (secondary N) is 2. The molecule has 33 heavy (non-hydrogen) atoms. The van der Waals surface area contributed by atoms with Crippen LogP contribution in [0.5, 0.6) is 0 Å². The van der Waals surface area contributed by atoms with Crippen molar-refractivity contribution in [2.75, 3.05) is 19.8 Å². The van der Waals surface area contributed by atoms with Crippen molar-refractivity contribution in [3.05, 3.63) is 59.7 Å². The summed E-state index contributed by atoms with van der Waals surface area (Å²) in [5, 5.41) is 23.5. The molecule has 1 aliphatic heterocycles. The second-order valence-electron chi connectivity index (χ2n) is 8.15. The van der Waals surface area contributed by atoms with Gasteiger partial charge >= 0.3 is 12.1 Å². The van der Waals surface area contributed by atoms with E-state index >= 15 is 0 Å². The van der Waals surface area contributed by atoms with Crippen LogP contribution in [0.25, 0.3) is 11.1 Å². The number of carboxylic acids is 1. The minimum Gasteiger partial charge on any atom is -0.481 e. The van der Waals surface area contributed by atoms with Gasteiger partial charge in [0.25, 0.3) is 5.91 Å². The number of carboxylic acid groups (broad SMARTS) is 1. The van der Waals surface area contributed by atoms with Gasteiger partial charge in [-0.25, -0.2) is 4.79 Å². The molecule has 9 heteroatoms. The van der Waals surface area contributed by atoms with E-state index in [1.54, 1.807) is 0 Å². The molecule has 2 aromatic rings. The molecule has 1 fully saturated rings. The number of aliphatic hydroxyl groups excluding tert-OH is 1. The average molecular weight is 454 g/mol. The van der Waals surface area contributed by atoms with Gasteiger partial charge < -0.3 is 30.3 Å². The van der Waals surface area contributed by atoms with Crippen LogP contribution in [0, 0.1) is 0 Å². The molecule has 2 aliphatic rings. The fraction of sp³-hybridized carbons (Fsp3) is 0.375. The number of benzene rings is 2. The second kappa shape index (κ2) is 10.0. The summed E-state index contributed by atoms with van der Waals surface area (Å²) >= 11 is 0. The number of carbonyl (C=O) groups excluding carboxylic acids is 2. The first-order chi connectivity index (χ1) is 15.9. The number of carbonyl (C=O) groups is 3. The highest BCUT2D eigenvalue weighted by atomic mass is 16.6. The maximum Gasteiger partial charge on any atom is 0.407 e. The molecule has 1 heterocycles. The Hall–Kier alpha value is -3.43. The van der Waals surface area contributed by atoms with E-state index < -0.39 is 42.6 Å². The minimum atomic E-state index is -1.21. The number of rotatable bonds is 8. The van der Waals surface area contributed by atoms with Crippen LogP contribution in [0.3, 0.4) is 0 Å². The van der Waals surface area contributed by atoms with E-state index in [1.807, 2.05) is 36.4 Å². The van der Waals surface area contributed by atoms with E-state index in [9.17, 15) is 19.5 Å². The van der Waals surface area contributed by atoms with Crippen LogP contribution in [0.4, 0.5) is 4.79 Å². The zero-order valence-electron chi connectivity index (χ0n) is 17.9. The molecule has 9 nitrogen and oxygen atoms in total. The Morgan fingerprint density at radius 2 is 1.70 bits per heavy atom. The maximum absolute atomic E-state index is 12.5. The van der Waals surface area contributed by atoms with E-state index in [2.05, 4.69) is 22.8 Å². The molecule has 0 spiro atoms. The molecule has 1 saturated heterocycles. The highest BCUT2D eigenvalue weighted by Gasteiger charge is 2.36. The first-order valence-corrected chi connectivity index (χ1v) is 10.8. The fourth-order valence-electron chi connectivity index (χ4n) is 4.38. The predicted molar refractivity (Wildman–Crippen MR) is 118 cm³/mol. The molecule has 0 bridgehead atoms. The monoisotopic (exact) mass is 454 g/mol. The van der Waals surface area contributed by atoms with Crippen molar-refractivity contribution in [2.24, 2.45) is 0 Å². The van der Waals surface area contributed by atoms with Crippen molar-refractivity contribution < 1.29 is 34.1 Å². The Morgan fingerprint density at radius 1 is 1.06 bits per heavy atom. The van der Waals surface area contributed by atoms with E-state index in [0.717, 1.165) is 22.3 Å². The summed E-state index contributed by atoms with van der Waals surface area (Å²) in [6.45, 7) is 0.221. The van der Waals surface area contributed by atoms with Crippen LogP contribution in [0.15, 0.2) is 48.5 Å². The number of aliphatic carboxylic acids is 1. The summed E-state index contributed by atoms with van der Waals surface area (Å²) < 4.78 is 11.0. The van der Waals surface area contributed by atoms with Crippen molar-refractivity contribution in [3.8, 4) is 11.1 Å². The Morgan fingerprint density at radius 3 is 2.33 bits per heavy atom. The second-order valence-corrected chi connectivity index (χ2v) is 8.15. The normalized spacial score (nSPS) is 19.9. The molecule has 1 aliphatic carbocycles. The predicted octanol–water partition coefficient (Wildman–Crippen LogP) is 1.63. The van der Waals surface area contributed by atoms with Crippen LogP contribution in [0.1, 0.15) is 29.9 Å². The largest absolute Gasteiger partial charge is 0.481 e. The van der Waals surface area contributed by atoms with Gasteiger partial charge in [0.05, 0.1) is 18.6 Å². The van der Waals surface area contributed by atoms with Gasteiger partial charge in [0.15, 0.2) is 6.10 Å². The summed E-state index contributed by atoms with van der Waals surface area (Å²) in [6.07, 6.45) is -2.84. The van der Waals surface area contributed by atoms with Crippen LogP contribution >= 0.6 is 0 Å². The van der Waals surface area contributed by atoms with E-state index in [4.69, 9.17) is 14.6 Å². The third-order valence-corrected chi connectivity index (χ3v) is 5.92. The highest BCUT2D eigenvalue weighted by molar-refractivity contribution is 5.83. The van der Waals surface area contributed by atoms with Crippen molar-refractivity contribution in [1.29, 1.82) is 0 Å². The van der Waals surface area contributed by atoms with Gasteiger partial charge in [0, 0.05) is 19.1 Å². The summed E-state index contributed by atoms with van der Waals surface area (Å²) in [4.78, 5) is 35.5. The van der Waals surface area contributed by atoms with Crippen LogP contribution in [0.2, 0.25) is 0 Å². The molecule has 0 radical (unpaired) electrons. The smallest absolute Gasteiger partial charge is 0.407 e. The molecule has 3 atom stereocenters. The van der Waals surface area contributed by atoms with E-state index in [1.165, 1.54) is 0 Å². The lowest BCUT2D eigenvalue weighted by Crippen LogP contribution is -2.49. The SMILES string of the molecule is O=C(O)CC(O)CNC(=O)[C@H]1OCC[C@H]1NC(=O)OCC1c2ccccc2-c2ccccc21. The topological polar surface area (TPSA) is 134 Å². The quantitative estimate of drug-likeness (QED) is 0.476. The lowest BCUT2D eigenvalue weighted by molar-refractivity contribution is -0.140. The van der Waals surface area contributed by atoms with Crippen molar-refractivity contribution >= 4 is 18.0 Å². The first-order valence-electron chi connectivity index (χ1n) is 10.8. The van der Waals surface area contributed by atoms with E-state index in [-0.39, 0.29) is 25.7 Å². The van der Waals surface area contributed by atoms with Gasteiger partial charge in [-0.05, 0) is 28.7 Å². The third-order valence-electron chi connectivity index (χ3n) is 5.92.